The molecule has 0 saturated carbocycles. The van der Waals surface area contributed by atoms with Gasteiger partial charge in [-0.3, -0.25) is 4.79 Å². The van der Waals surface area contributed by atoms with Crippen LogP contribution in [0.1, 0.15) is 0 Å². The molecule has 1 amide bonds. The van der Waals surface area contributed by atoms with E-state index in [1.165, 1.54) is 30.2 Å². The molecule has 4 aromatic rings. The molecule has 8 heteroatoms. The van der Waals surface area contributed by atoms with E-state index < -0.39 is 0 Å². The number of anilines is 1. The van der Waals surface area contributed by atoms with Crippen LogP contribution in [0.3, 0.4) is 0 Å². The number of aromatic amines is 1. The van der Waals surface area contributed by atoms with Gasteiger partial charge < -0.3 is 15.0 Å². The van der Waals surface area contributed by atoms with Crippen molar-refractivity contribution in [1.29, 1.82) is 0 Å². The Bertz CT molecular complexity index is 1150. The number of benzene rings is 2. The highest BCUT2D eigenvalue weighted by Gasteiger charge is 2.14. The summed E-state index contributed by atoms with van der Waals surface area (Å²) in [5.74, 6) is 0.247. The fraction of sp³-hybridized carbons (Fsp3) is 0.105. The molecular weight excluding hydrogens is 367 g/mol. The Balaban J connectivity index is 1.55. The zero-order chi connectivity index (χ0) is 18.8. The van der Waals surface area contributed by atoms with Crippen LogP contribution in [0, 0.1) is 5.82 Å². The van der Waals surface area contributed by atoms with Crippen LogP contribution >= 0.6 is 11.8 Å². The smallest absolute Gasteiger partial charge is 0.234 e. The molecular formula is C19H15FN4O2S. The monoisotopic (exact) mass is 382 g/mol. The second-order valence-corrected chi connectivity index (χ2v) is 6.72. The SMILES string of the molecule is COc1ccccc1NC(=O)CSc1ncnc2c1[nH]c1ccc(F)cc12. The van der Waals surface area contributed by atoms with Gasteiger partial charge in [-0.25, -0.2) is 14.4 Å². The number of thioether (sulfide) groups is 1. The molecule has 0 aliphatic carbocycles. The molecule has 136 valence electrons. The maximum Gasteiger partial charge on any atom is 0.234 e. The van der Waals surface area contributed by atoms with E-state index in [4.69, 9.17) is 4.74 Å². The highest BCUT2D eigenvalue weighted by Crippen LogP contribution is 2.30. The molecule has 0 aliphatic heterocycles. The minimum atomic E-state index is -0.326. The standard InChI is InChI=1S/C19H15FN4O2S/c1-26-15-5-3-2-4-14(15)23-16(25)9-27-19-18-17(21-10-22-19)12-8-11(20)6-7-13(12)24-18/h2-8,10,24H,9H2,1H3,(H,23,25). The van der Waals surface area contributed by atoms with E-state index in [1.807, 2.05) is 12.1 Å². The van der Waals surface area contributed by atoms with Gasteiger partial charge in [-0.2, -0.15) is 0 Å². The van der Waals surface area contributed by atoms with Gasteiger partial charge in [0.25, 0.3) is 0 Å². The number of H-pyrrole nitrogens is 1. The number of amides is 1. The van der Waals surface area contributed by atoms with Crippen molar-refractivity contribution in [3.05, 3.63) is 54.6 Å². The molecule has 2 N–H and O–H groups in total. The Labute approximate surface area is 158 Å². The Morgan fingerprint density at radius 2 is 2.11 bits per heavy atom. The van der Waals surface area contributed by atoms with E-state index in [0.29, 0.717) is 32.9 Å². The quantitative estimate of drug-likeness (QED) is 0.403. The van der Waals surface area contributed by atoms with E-state index in [1.54, 1.807) is 25.3 Å². The predicted molar refractivity (Wildman–Crippen MR) is 104 cm³/mol. The van der Waals surface area contributed by atoms with Gasteiger partial charge in [-0.1, -0.05) is 23.9 Å². The van der Waals surface area contributed by atoms with Crippen molar-refractivity contribution in [3.8, 4) is 5.75 Å². The van der Waals surface area contributed by atoms with Crippen molar-refractivity contribution < 1.29 is 13.9 Å². The van der Waals surface area contributed by atoms with E-state index in [9.17, 15) is 9.18 Å². The van der Waals surface area contributed by atoms with Gasteiger partial charge in [-0.15, -0.1) is 0 Å². The molecule has 0 fully saturated rings. The molecule has 4 rings (SSSR count). The lowest BCUT2D eigenvalue weighted by atomic mass is 10.2. The number of fused-ring (bicyclic) bond motifs is 3. The average Bonchev–Trinajstić information content (AvgIpc) is 3.05. The molecule has 27 heavy (non-hydrogen) atoms. The number of halogens is 1. The topological polar surface area (TPSA) is 79.9 Å². The summed E-state index contributed by atoms with van der Waals surface area (Å²) in [5.41, 5.74) is 2.70. The fourth-order valence-corrected chi connectivity index (χ4v) is 3.57. The highest BCUT2D eigenvalue weighted by atomic mass is 32.2. The Morgan fingerprint density at radius 3 is 2.96 bits per heavy atom. The van der Waals surface area contributed by atoms with Gasteiger partial charge in [0.2, 0.25) is 5.91 Å². The number of carbonyl (C=O) groups excluding carboxylic acids is 1. The molecule has 0 radical (unpaired) electrons. The van der Waals surface area contributed by atoms with Crippen LogP contribution in [0.5, 0.6) is 5.75 Å². The number of hydrogen-bond donors (Lipinski definition) is 2. The van der Waals surface area contributed by atoms with Crippen molar-refractivity contribution in [2.24, 2.45) is 0 Å². The Hall–Kier alpha value is -3.13. The van der Waals surface area contributed by atoms with Gasteiger partial charge in [0.15, 0.2) is 0 Å². The molecule has 0 atom stereocenters. The van der Waals surface area contributed by atoms with Gasteiger partial charge in [0.05, 0.1) is 24.1 Å². The lowest BCUT2D eigenvalue weighted by molar-refractivity contribution is -0.113. The van der Waals surface area contributed by atoms with E-state index in [0.717, 1.165) is 5.52 Å². The molecule has 0 spiro atoms. The third kappa shape index (κ3) is 3.43. The lowest BCUT2D eigenvalue weighted by Gasteiger charge is -2.09. The first kappa shape index (κ1) is 17.3. The molecule has 6 nitrogen and oxygen atoms in total. The molecule has 0 bridgehead atoms. The Kier molecular flexibility index (Phi) is 4.64. The van der Waals surface area contributed by atoms with Crippen LogP contribution in [0.25, 0.3) is 21.9 Å². The van der Waals surface area contributed by atoms with Crippen LogP contribution in [0.15, 0.2) is 53.8 Å². The minimum Gasteiger partial charge on any atom is -0.495 e. The summed E-state index contributed by atoms with van der Waals surface area (Å²) >= 11 is 1.28. The average molecular weight is 382 g/mol. The van der Waals surface area contributed by atoms with Crippen LogP contribution in [0.4, 0.5) is 10.1 Å². The number of rotatable bonds is 5. The van der Waals surface area contributed by atoms with E-state index in [2.05, 4.69) is 20.3 Å². The van der Waals surface area contributed by atoms with Crippen molar-refractivity contribution >= 4 is 45.3 Å². The van der Waals surface area contributed by atoms with Gasteiger partial charge in [0.1, 0.15) is 28.4 Å². The summed E-state index contributed by atoms with van der Waals surface area (Å²) in [7, 11) is 1.55. The van der Waals surface area contributed by atoms with Gasteiger partial charge in [-0.05, 0) is 30.3 Å². The maximum atomic E-state index is 13.5. The molecule has 0 unspecified atom stereocenters. The van der Waals surface area contributed by atoms with Crippen molar-refractivity contribution in [3.63, 3.8) is 0 Å². The fourth-order valence-electron chi connectivity index (χ4n) is 2.82. The van der Waals surface area contributed by atoms with Crippen molar-refractivity contribution in [2.45, 2.75) is 5.03 Å². The number of para-hydroxylation sites is 2. The van der Waals surface area contributed by atoms with Crippen molar-refractivity contribution in [2.75, 3.05) is 18.2 Å². The summed E-state index contributed by atoms with van der Waals surface area (Å²) in [4.78, 5) is 24.0. The third-order valence-electron chi connectivity index (χ3n) is 4.03. The summed E-state index contributed by atoms with van der Waals surface area (Å²) in [6, 6.07) is 11.7. The largest absolute Gasteiger partial charge is 0.495 e. The zero-order valence-corrected chi connectivity index (χ0v) is 15.1. The normalized spacial score (nSPS) is 11.0. The molecule has 2 aromatic carbocycles. The van der Waals surface area contributed by atoms with Crippen LogP contribution in [0.2, 0.25) is 0 Å². The van der Waals surface area contributed by atoms with Crippen LogP contribution < -0.4 is 10.1 Å². The number of ether oxygens (including phenoxy) is 1. The number of aromatic nitrogens is 3. The molecule has 2 heterocycles. The number of hydrogen-bond acceptors (Lipinski definition) is 5. The predicted octanol–water partition coefficient (Wildman–Crippen LogP) is 3.99. The summed E-state index contributed by atoms with van der Waals surface area (Å²) in [5, 5.41) is 4.14. The van der Waals surface area contributed by atoms with Gasteiger partial charge in [0, 0.05) is 10.9 Å². The lowest BCUT2D eigenvalue weighted by Crippen LogP contribution is -2.14. The summed E-state index contributed by atoms with van der Waals surface area (Å²) in [6.45, 7) is 0. The number of nitrogens with zero attached hydrogens (tertiary/aromatic N) is 2. The second kappa shape index (κ2) is 7.24. The molecule has 0 saturated heterocycles. The first-order valence-electron chi connectivity index (χ1n) is 8.13. The van der Waals surface area contributed by atoms with Crippen LogP contribution in [-0.4, -0.2) is 33.7 Å². The first-order valence-corrected chi connectivity index (χ1v) is 9.12. The van der Waals surface area contributed by atoms with Crippen molar-refractivity contribution in [1.82, 2.24) is 15.0 Å². The number of methoxy groups -OCH3 is 1. The second-order valence-electron chi connectivity index (χ2n) is 5.75. The van der Waals surface area contributed by atoms with Gasteiger partial charge >= 0.3 is 0 Å². The zero-order valence-electron chi connectivity index (χ0n) is 14.3. The maximum absolute atomic E-state index is 13.5. The molecule has 0 aliphatic rings. The number of carbonyl (C=O) groups is 1. The minimum absolute atomic E-state index is 0.161. The number of nitrogens with one attached hydrogen (secondary N) is 2. The highest BCUT2D eigenvalue weighted by molar-refractivity contribution is 8.00. The van der Waals surface area contributed by atoms with E-state index >= 15 is 0 Å². The summed E-state index contributed by atoms with van der Waals surface area (Å²) < 4.78 is 18.8. The first-order chi connectivity index (χ1) is 13.2. The Morgan fingerprint density at radius 1 is 1.26 bits per heavy atom. The molecule has 2 aromatic heterocycles. The van der Waals surface area contributed by atoms with E-state index in [-0.39, 0.29) is 17.5 Å². The summed E-state index contributed by atoms with van der Waals surface area (Å²) in [6.07, 6.45) is 1.42. The third-order valence-corrected chi connectivity index (χ3v) is 5.02. The van der Waals surface area contributed by atoms with Crippen LogP contribution in [-0.2, 0) is 4.79 Å².